The summed E-state index contributed by atoms with van der Waals surface area (Å²) in [5, 5.41) is 3.28. The quantitative estimate of drug-likeness (QED) is 0.745. The fourth-order valence-electron chi connectivity index (χ4n) is 4.64. The molecule has 2 amide bonds. The Labute approximate surface area is 181 Å². The van der Waals surface area contributed by atoms with E-state index in [1.807, 2.05) is 35.8 Å². The van der Waals surface area contributed by atoms with Crippen molar-refractivity contribution in [3.05, 3.63) is 34.9 Å². The van der Waals surface area contributed by atoms with Crippen LogP contribution in [0.1, 0.15) is 54.1 Å². The van der Waals surface area contributed by atoms with Gasteiger partial charge < -0.3 is 15.1 Å². The molecule has 6 nitrogen and oxygen atoms in total. The van der Waals surface area contributed by atoms with Gasteiger partial charge >= 0.3 is 0 Å². The zero-order chi connectivity index (χ0) is 21.5. The van der Waals surface area contributed by atoms with Gasteiger partial charge in [0.1, 0.15) is 0 Å². The molecule has 2 aliphatic heterocycles. The summed E-state index contributed by atoms with van der Waals surface area (Å²) in [6.45, 7) is 12.7. The summed E-state index contributed by atoms with van der Waals surface area (Å²) in [6.07, 6.45) is 4.15. The summed E-state index contributed by atoms with van der Waals surface area (Å²) in [7, 11) is 0. The van der Waals surface area contributed by atoms with Crippen LogP contribution in [0.15, 0.2) is 18.2 Å². The van der Waals surface area contributed by atoms with Crippen LogP contribution in [-0.2, 0) is 4.79 Å². The fraction of sp³-hybridized carbons (Fsp3) is 0.667. The molecule has 166 valence electrons. The van der Waals surface area contributed by atoms with Crippen LogP contribution in [0, 0.1) is 13.8 Å². The van der Waals surface area contributed by atoms with Crippen molar-refractivity contribution in [3.63, 3.8) is 0 Å². The molecular weight excluding hydrogens is 376 g/mol. The van der Waals surface area contributed by atoms with E-state index in [9.17, 15) is 9.59 Å². The Hall–Kier alpha value is -1.92. The van der Waals surface area contributed by atoms with Crippen LogP contribution >= 0.6 is 0 Å². The van der Waals surface area contributed by atoms with Crippen molar-refractivity contribution < 1.29 is 9.59 Å². The third-order valence-corrected chi connectivity index (χ3v) is 6.42. The third kappa shape index (κ3) is 6.29. The van der Waals surface area contributed by atoms with Crippen LogP contribution in [0.25, 0.3) is 0 Å². The number of piperidine rings is 1. The van der Waals surface area contributed by atoms with E-state index in [-0.39, 0.29) is 11.8 Å². The number of piperazine rings is 1. The highest BCUT2D eigenvalue weighted by Gasteiger charge is 2.23. The van der Waals surface area contributed by atoms with Gasteiger partial charge in [-0.25, -0.2) is 0 Å². The monoisotopic (exact) mass is 414 g/mol. The van der Waals surface area contributed by atoms with Gasteiger partial charge in [0.05, 0.1) is 0 Å². The highest BCUT2D eigenvalue weighted by atomic mass is 16.2. The summed E-state index contributed by atoms with van der Waals surface area (Å²) in [5.74, 6) is 0.195. The molecule has 0 aliphatic carbocycles. The molecule has 30 heavy (non-hydrogen) atoms. The Morgan fingerprint density at radius 2 is 1.73 bits per heavy atom. The van der Waals surface area contributed by atoms with Gasteiger partial charge in [0, 0.05) is 63.8 Å². The number of amides is 2. The zero-order valence-electron chi connectivity index (χ0n) is 19.0. The van der Waals surface area contributed by atoms with Crippen molar-refractivity contribution in [2.75, 3.05) is 52.4 Å². The number of carbonyl (C=O) groups excluding carboxylic acids is 2. The Morgan fingerprint density at radius 3 is 2.40 bits per heavy atom. The summed E-state index contributed by atoms with van der Waals surface area (Å²) >= 11 is 0. The number of benzene rings is 1. The molecule has 0 saturated carbocycles. The van der Waals surface area contributed by atoms with Crippen LogP contribution in [0.2, 0.25) is 0 Å². The van der Waals surface area contributed by atoms with Gasteiger partial charge in [-0.2, -0.15) is 0 Å². The number of aryl methyl sites for hydroxylation is 2. The second-order valence-electron chi connectivity index (χ2n) is 8.93. The van der Waals surface area contributed by atoms with E-state index < -0.39 is 0 Å². The number of hydrogen-bond donors (Lipinski definition) is 1. The van der Waals surface area contributed by atoms with Crippen LogP contribution < -0.4 is 5.32 Å². The van der Waals surface area contributed by atoms with Gasteiger partial charge in [0.2, 0.25) is 5.91 Å². The molecule has 1 aromatic carbocycles. The zero-order valence-corrected chi connectivity index (χ0v) is 19.0. The van der Waals surface area contributed by atoms with Crippen LogP contribution in [0.3, 0.4) is 0 Å². The average molecular weight is 415 g/mol. The van der Waals surface area contributed by atoms with Crippen molar-refractivity contribution in [1.82, 2.24) is 20.0 Å². The number of carbonyl (C=O) groups is 2. The lowest BCUT2D eigenvalue weighted by Crippen LogP contribution is -2.48. The van der Waals surface area contributed by atoms with Crippen molar-refractivity contribution >= 4 is 11.8 Å². The lowest BCUT2D eigenvalue weighted by molar-refractivity contribution is -0.131. The molecule has 6 heteroatoms. The summed E-state index contributed by atoms with van der Waals surface area (Å²) in [4.78, 5) is 32.3. The summed E-state index contributed by atoms with van der Waals surface area (Å²) in [5.41, 5.74) is 2.92. The normalized spacial score (nSPS) is 20.2. The van der Waals surface area contributed by atoms with E-state index in [4.69, 9.17) is 0 Å². The number of rotatable bonds is 7. The van der Waals surface area contributed by atoms with E-state index in [0.29, 0.717) is 25.6 Å². The maximum absolute atomic E-state index is 13.4. The van der Waals surface area contributed by atoms with E-state index in [0.717, 1.165) is 56.0 Å². The lowest BCUT2D eigenvalue weighted by atomic mass is 10.0. The second kappa shape index (κ2) is 10.9. The minimum Gasteiger partial charge on any atom is -0.340 e. The number of hydrogen-bond acceptors (Lipinski definition) is 4. The first kappa shape index (κ1) is 22.8. The fourth-order valence-corrected chi connectivity index (χ4v) is 4.64. The standard InChI is InChI=1S/C24H38N4O2/c1-19-16-20(2)18-22(17-19)24(30)28(15-14-26-10-5-4-6-21(26)3)11-7-23(29)27-12-8-25-9-13-27/h16-18,21,25H,4-15H2,1-3H3/t21-/m1/s1. The molecule has 1 aromatic rings. The SMILES string of the molecule is Cc1cc(C)cc(C(=O)N(CCC(=O)N2CCNCC2)CCN2CCCC[C@H]2C)c1. The van der Waals surface area contributed by atoms with Crippen LogP contribution in [0.4, 0.5) is 0 Å². The van der Waals surface area contributed by atoms with Gasteiger partial charge in [0.15, 0.2) is 0 Å². The Balaban J connectivity index is 1.66. The third-order valence-electron chi connectivity index (χ3n) is 6.42. The number of nitrogens with one attached hydrogen (secondary N) is 1. The predicted octanol–water partition coefficient (Wildman–Crippen LogP) is 2.44. The minimum absolute atomic E-state index is 0.0413. The molecule has 0 bridgehead atoms. The smallest absolute Gasteiger partial charge is 0.253 e. The van der Waals surface area contributed by atoms with E-state index >= 15 is 0 Å². The van der Waals surface area contributed by atoms with Gasteiger partial charge in [-0.1, -0.05) is 23.6 Å². The molecule has 3 rings (SSSR count). The van der Waals surface area contributed by atoms with Gasteiger partial charge in [-0.15, -0.1) is 0 Å². The van der Waals surface area contributed by atoms with E-state index in [1.165, 1.54) is 19.3 Å². The molecule has 1 atom stereocenters. The molecule has 0 spiro atoms. The van der Waals surface area contributed by atoms with Gasteiger partial charge in [0.25, 0.3) is 5.91 Å². The van der Waals surface area contributed by atoms with Gasteiger partial charge in [-0.3, -0.25) is 14.5 Å². The molecular formula is C24H38N4O2. The molecule has 1 N–H and O–H groups in total. The molecule has 2 saturated heterocycles. The Morgan fingerprint density at radius 1 is 1.03 bits per heavy atom. The van der Waals surface area contributed by atoms with E-state index in [1.54, 1.807) is 0 Å². The van der Waals surface area contributed by atoms with Crippen LogP contribution in [0.5, 0.6) is 0 Å². The molecule has 0 aromatic heterocycles. The molecule has 0 radical (unpaired) electrons. The van der Waals surface area contributed by atoms with Crippen molar-refractivity contribution in [2.45, 2.75) is 52.5 Å². The Bertz CT molecular complexity index is 710. The predicted molar refractivity (Wildman–Crippen MR) is 121 cm³/mol. The Kier molecular flexibility index (Phi) is 8.28. The molecule has 2 fully saturated rings. The number of likely N-dealkylation sites (tertiary alicyclic amines) is 1. The molecule has 0 unspecified atom stereocenters. The molecule has 2 aliphatic rings. The first-order chi connectivity index (χ1) is 14.4. The first-order valence-corrected chi connectivity index (χ1v) is 11.5. The van der Waals surface area contributed by atoms with Gasteiger partial charge in [-0.05, 0) is 52.3 Å². The van der Waals surface area contributed by atoms with E-state index in [2.05, 4.69) is 23.2 Å². The van der Waals surface area contributed by atoms with Crippen molar-refractivity contribution in [1.29, 1.82) is 0 Å². The maximum Gasteiger partial charge on any atom is 0.253 e. The van der Waals surface area contributed by atoms with Crippen molar-refractivity contribution in [2.24, 2.45) is 0 Å². The van der Waals surface area contributed by atoms with Crippen molar-refractivity contribution in [3.8, 4) is 0 Å². The maximum atomic E-state index is 13.4. The highest BCUT2D eigenvalue weighted by molar-refractivity contribution is 5.95. The largest absolute Gasteiger partial charge is 0.340 e. The second-order valence-corrected chi connectivity index (χ2v) is 8.93. The summed E-state index contributed by atoms with van der Waals surface area (Å²) < 4.78 is 0. The topological polar surface area (TPSA) is 55.9 Å². The average Bonchev–Trinajstić information content (AvgIpc) is 2.74. The highest BCUT2D eigenvalue weighted by Crippen LogP contribution is 2.17. The minimum atomic E-state index is 0.0413. The molecule has 2 heterocycles. The summed E-state index contributed by atoms with van der Waals surface area (Å²) in [6, 6.07) is 6.58. The number of nitrogens with zero attached hydrogens (tertiary/aromatic N) is 3. The first-order valence-electron chi connectivity index (χ1n) is 11.5. The van der Waals surface area contributed by atoms with Crippen LogP contribution in [-0.4, -0.2) is 84.9 Å². The lowest BCUT2D eigenvalue weighted by Gasteiger charge is -2.35.